The predicted octanol–water partition coefficient (Wildman–Crippen LogP) is 3.81. The first-order valence-corrected chi connectivity index (χ1v) is 6.62. The van der Waals surface area contributed by atoms with Gasteiger partial charge >= 0.3 is 5.97 Å². The van der Waals surface area contributed by atoms with Gasteiger partial charge in [0, 0.05) is 22.7 Å². The maximum absolute atomic E-state index is 13.4. The van der Waals surface area contributed by atoms with Gasteiger partial charge in [-0.05, 0) is 37.6 Å². The first-order chi connectivity index (χ1) is 8.99. The quantitative estimate of drug-likeness (QED) is 0.894. The first kappa shape index (κ1) is 13.5. The molecule has 0 aliphatic rings. The lowest BCUT2D eigenvalue weighted by molar-refractivity contribution is 0.0702. The standard InChI is InChI=1S/C14H14FNO2S/c1-8-11(15)4-3-5-12(8)16-7-10-6-13(14(17)18)19-9(10)2/h3-6,16H,7H2,1-2H3,(H,17,18). The summed E-state index contributed by atoms with van der Waals surface area (Å²) < 4.78 is 13.4. The zero-order chi connectivity index (χ0) is 14.0. The summed E-state index contributed by atoms with van der Waals surface area (Å²) >= 11 is 1.25. The second-order valence-electron chi connectivity index (χ2n) is 4.26. The van der Waals surface area contributed by atoms with Crippen LogP contribution in [-0.2, 0) is 6.54 Å². The van der Waals surface area contributed by atoms with Crippen LogP contribution in [0.5, 0.6) is 0 Å². The van der Waals surface area contributed by atoms with Gasteiger partial charge in [-0.25, -0.2) is 9.18 Å². The van der Waals surface area contributed by atoms with Gasteiger partial charge in [0.25, 0.3) is 0 Å². The Kier molecular flexibility index (Phi) is 3.85. The molecule has 0 spiro atoms. The number of aryl methyl sites for hydroxylation is 1. The van der Waals surface area contributed by atoms with Crippen LogP contribution in [0.25, 0.3) is 0 Å². The lowest BCUT2D eigenvalue weighted by Crippen LogP contribution is -2.02. The maximum atomic E-state index is 13.4. The number of anilines is 1. The van der Waals surface area contributed by atoms with Gasteiger partial charge in [-0.2, -0.15) is 0 Å². The van der Waals surface area contributed by atoms with Gasteiger partial charge in [0.2, 0.25) is 0 Å². The average Bonchev–Trinajstić information content (AvgIpc) is 2.73. The predicted molar refractivity (Wildman–Crippen MR) is 74.5 cm³/mol. The second-order valence-corrected chi connectivity index (χ2v) is 5.52. The molecule has 1 aromatic carbocycles. The molecule has 0 amide bonds. The summed E-state index contributed by atoms with van der Waals surface area (Å²) in [5.41, 5.74) is 2.21. The molecule has 2 rings (SSSR count). The molecule has 0 saturated carbocycles. The van der Waals surface area contributed by atoms with E-state index in [0.29, 0.717) is 17.0 Å². The third-order valence-corrected chi connectivity index (χ3v) is 4.05. The number of carboxylic acid groups (broad SMARTS) is 1. The number of benzene rings is 1. The highest BCUT2D eigenvalue weighted by Crippen LogP contribution is 2.24. The van der Waals surface area contributed by atoms with Crippen LogP contribution in [0, 0.1) is 19.7 Å². The minimum atomic E-state index is -0.915. The Hall–Kier alpha value is -1.88. The summed E-state index contributed by atoms with van der Waals surface area (Å²) in [6.07, 6.45) is 0. The maximum Gasteiger partial charge on any atom is 0.345 e. The summed E-state index contributed by atoms with van der Waals surface area (Å²) in [4.78, 5) is 12.2. The number of carboxylic acids is 1. The summed E-state index contributed by atoms with van der Waals surface area (Å²) in [5.74, 6) is -1.17. The van der Waals surface area contributed by atoms with E-state index in [1.165, 1.54) is 17.4 Å². The van der Waals surface area contributed by atoms with Gasteiger partial charge in [-0.15, -0.1) is 11.3 Å². The number of hydrogen-bond donors (Lipinski definition) is 2. The van der Waals surface area contributed by atoms with E-state index in [0.717, 1.165) is 16.1 Å². The third kappa shape index (κ3) is 2.93. The minimum absolute atomic E-state index is 0.252. The fourth-order valence-electron chi connectivity index (χ4n) is 1.79. The van der Waals surface area contributed by atoms with Gasteiger partial charge in [0.15, 0.2) is 0 Å². The van der Waals surface area contributed by atoms with Crippen LogP contribution in [0.4, 0.5) is 10.1 Å². The Bertz CT molecular complexity index is 622. The summed E-state index contributed by atoms with van der Waals surface area (Å²) in [6.45, 7) is 4.08. The van der Waals surface area contributed by atoms with Gasteiger partial charge in [-0.1, -0.05) is 6.07 Å². The van der Waals surface area contributed by atoms with Crippen molar-refractivity contribution in [2.75, 3.05) is 5.32 Å². The fourth-order valence-corrected chi connectivity index (χ4v) is 2.67. The first-order valence-electron chi connectivity index (χ1n) is 5.80. The molecule has 1 heterocycles. The molecular formula is C14H14FNO2S. The van der Waals surface area contributed by atoms with Crippen LogP contribution in [-0.4, -0.2) is 11.1 Å². The van der Waals surface area contributed by atoms with Crippen molar-refractivity contribution in [1.29, 1.82) is 0 Å². The van der Waals surface area contributed by atoms with Crippen LogP contribution < -0.4 is 5.32 Å². The largest absolute Gasteiger partial charge is 0.477 e. The van der Waals surface area contributed by atoms with Crippen LogP contribution >= 0.6 is 11.3 Å². The second kappa shape index (κ2) is 5.40. The molecule has 0 radical (unpaired) electrons. The van der Waals surface area contributed by atoms with E-state index in [9.17, 15) is 9.18 Å². The minimum Gasteiger partial charge on any atom is -0.477 e. The molecule has 0 aliphatic heterocycles. The molecule has 0 unspecified atom stereocenters. The number of aromatic carboxylic acids is 1. The normalized spacial score (nSPS) is 10.5. The number of halogens is 1. The van der Waals surface area contributed by atoms with Crippen molar-refractivity contribution >= 4 is 23.0 Å². The average molecular weight is 279 g/mol. The highest BCUT2D eigenvalue weighted by atomic mass is 32.1. The van der Waals surface area contributed by atoms with E-state index in [1.54, 1.807) is 25.1 Å². The van der Waals surface area contributed by atoms with Crippen LogP contribution in [0.3, 0.4) is 0 Å². The molecule has 1 aromatic heterocycles. The summed E-state index contributed by atoms with van der Waals surface area (Å²) in [7, 11) is 0. The molecule has 2 aromatic rings. The molecule has 5 heteroatoms. The van der Waals surface area contributed by atoms with E-state index in [-0.39, 0.29) is 5.82 Å². The molecule has 0 bridgehead atoms. The molecule has 100 valence electrons. The van der Waals surface area contributed by atoms with E-state index in [4.69, 9.17) is 5.11 Å². The van der Waals surface area contributed by atoms with E-state index < -0.39 is 5.97 Å². The van der Waals surface area contributed by atoms with Gasteiger partial charge in [-0.3, -0.25) is 0 Å². The van der Waals surface area contributed by atoms with Gasteiger partial charge in [0.1, 0.15) is 10.7 Å². The van der Waals surface area contributed by atoms with Crippen LogP contribution in [0.1, 0.15) is 25.7 Å². The third-order valence-electron chi connectivity index (χ3n) is 2.97. The zero-order valence-electron chi connectivity index (χ0n) is 10.7. The topological polar surface area (TPSA) is 49.3 Å². The number of rotatable bonds is 4. The molecule has 0 aliphatic carbocycles. The van der Waals surface area contributed by atoms with Crippen LogP contribution in [0.15, 0.2) is 24.3 Å². The Labute approximate surface area is 114 Å². The Morgan fingerprint density at radius 1 is 1.42 bits per heavy atom. The molecule has 0 fully saturated rings. The summed E-state index contributed by atoms with van der Waals surface area (Å²) in [6, 6.07) is 6.52. The van der Waals surface area contributed by atoms with Crippen LogP contribution in [0.2, 0.25) is 0 Å². The van der Waals surface area contributed by atoms with Crippen molar-refractivity contribution in [1.82, 2.24) is 0 Å². The highest BCUT2D eigenvalue weighted by Gasteiger charge is 2.11. The molecular weight excluding hydrogens is 265 g/mol. The Balaban J connectivity index is 2.14. The SMILES string of the molecule is Cc1sc(C(=O)O)cc1CNc1cccc(F)c1C. The van der Waals surface area contributed by atoms with Crippen molar-refractivity contribution in [3.05, 3.63) is 51.0 Å². The van der Waals surface area contributed by atoms with E-state index >= 15 is 0 Å². The lowest BCUT2D eigenvalue weighted by Gasteiger charge is -2.09. The molecule has 0 saturated heterocycles. The zero-order valence-corrected chi connectivity index (χ0v) is 11.5. The Morgan fingerprint density at radius 3 is 2.79 bits per heavy atom. The van der Waals surface area contributed by atoms with Gasteiger partial charge < -0.3 is 10.4 Å². The molecule has 2 N–H and O–H groups in total. The summed E-state index contributed by atoms with van der Waals surface area (Å²) in [5, 5.41) is 12.1. The number of carbonyl (C=O) groups is 1. The van der Waals surface area contributed by atoms with E-state index in [2.05, 4.69) is 5.32 Å². The monoisotopic (exact) mass is 279 g/mol. The molecule has 0 atom stereocenters. The number of hydrogen-bond acceptors (Lipinski definition) is 3. The van der Waals surface area contributed by atoms with Crippen molar-refractivity contribution in [3.8, 4) is 0 Å². The van der Waals surface area contributed by atoms with Gasteiger partial charge in [0.05, 0.1) is 0 Å². The highest BCUT2D eigenvalue weighted by molar-refractivity contribution is 7.14. The smallest absolute Gasteiger partial charge is 0.345 e. The Morgan fingerprint density at radius 2 is 2.16 bits per heavy atom. The van der Waals surface area contributed by atoms with Crippen molar-refractivity contribution in [2.24, 2.45) is 0 Å². The lowest BCUT2D eigenvalue weighted by atomic mass is 10.1. The van der Waals surface area contributed by atoms with Crippen molar-refractivity contribution in [2.45, 2.75) is 20.4 Å². The van der Waals surface area contributed by atoms with E-state index in [1.807, 2.05) is 6.92 Å². The fraction of sp³-hybridized carbons (Fsp3) is 0.214. The molecule has 19 heavy (non-hydrogen) atoms. The van der Waals surface area contributed by atoms with Crippen molar-refractivity contribution < 1.29 is 14.3 Å². The number of nitrogens with one attached hydrogen (secondary N) is 1. The van der Waals surface area contributed by atoms with Crippen molar-refractivity contribution in [3.63, 3.8) is 0 Å². The molecule has 3 nitrogen and oxygen atoms in total. The number of thiophene rings is 1.